The van der Waals surface area contributed by atoms with Crippen LogP contribution < -0.4 is 15.2 Å². The lowest BCUT2D eigenvalue weighted by Gasteiger charge is -2.09. The molecule has 0 atom stereocenters. The molecular formula is C16H17NO3S. The summed E-state index contributed by atoms with van der Waals surface area (Å²) >= 11 is 4.92. The minimum atomic E-state index is 0.0305. The van der Waals surface area contributed by atoms with Crippen molar-refractivity contribution in [1.82, 2.24) is 0 Å². The van der Waals surface area contributed by atoms with Crippen molar-refractivity contribution < 1.29 is 14.6 Å². The zero-order chi connectivity index (χ0) is 15.1. The van der Waals surface area contributed by atoms with E-state index in [0.717, 1.165) is 16.9 Å². The molecule has 21 heavy (non-hydrogen) atoms. The first-order valence-corrected chi connectivity index (χ1v) is 6.95. The fraction of sp³-hybridized carbons (Fsp3) is 0.188. The first-order chi connectivity index (χ1) is 10.2. The highest BCUT2D eigenvalue weighted by atomic mass is 32.1. The van der Waals surface area contributed by atoms with Crippen molar-refractivity contribution in [1.29, 1.82) is 0 Å². The van der Waals surface area contributed by atoms with E-state index in [1.807, 2.05) is 42.5 Å². The molecule has 0 aliphatic heterocycles. The van der Waals surface area contributed by atoms with E-state index < -0.39 is 0 Å². The maximum atomic E-state index is 8.95. The van der Waals surface area contributed by atoms with Crippen molar-refractivity contribution in [2.75, 3.05) is 13.2 Å². The Morgan fingerprint density at radius 1 is 1.00 bits per heavy atom. The predicted octanol–water partition coefficient (Wildman–Crippen LogP) is 2.27. The van der Waals surface area contributed by atoms with Crippen LogP contribution in [-0.2, 0) is 6.61 Å². The molecule has 2 rings (SSSR count). The Morgan fingerprint density at radius 3 is 2.29 bits per heavy atom. The van der Waals surface area contributed by atoms with Gasteiger partial charge in [0.05, 0.1) is 6.61 Å². The van der Waals surface area contributed by atoms with Crippen LogP contribution in [0, 0.1) is 0 Å². The quantitative estimate of drug-likeness (QED) is 0.607. The minimum Gasteiger partial charge on any atom is -0.490 e. The second-order valence-corrected chi connectivity index (χ2v) is 4.83. The standard InChI is InChI=1S/C16H17NO3S/c17-16(21)13-2-1-3-15(10-13)20-9-8-19-14-6-4-12(11-18)5-7-14/h1-7,10,18H,8-9,11H2,(H2,17,21). The van der Waals surface area contributed by atoms with Crippen LogP contribution >= 0.6 is 12.2 Å². The van der Waals surface area contributed by atoms with Gasteiger partial charge >= 0.3 is 0 Å². The van der Waals surface area contributed by atoms with Gasteiger partial charge in [-0.15, -0.1) is 0 Å². The third-order valence-electron chi connectivity index (χ3n) is 2.85. The SMILES string of the molecule is NC(=S)c1cccc(OCCOc2ccc(CO)cc2)c1. The summed E-state index contributed by atoms with van der Waals surface area (Å²) in [5, 5.41) is 8.95. The van der Waals surface area contributed by atoms with Gasteiger partial charge in [0.25, 0.3) is 0 Å². The van der Waals surface area contributed by atoms with E-state index in [4.69, 9.17) is 32.5 Å². The number of nitrogens with two attached hydrogens (primary N) is 1. The van der Waals surface area contributed by atoms with E-state index in [9.17, 15) is 0 Å². The Labute approximate surface area is 129 Å². The fourth-order valence-electron chi connectivity index (χ4n) is 1.75. The average molecular weight is 303 g/mol. The van der Waals surface area contributed by atoms with Gasteiger partial charge in [0.2, 0.25) is 0 Å². The second-order valence-electron chi connectivity index (χ2n) is 4.39. The Bertz CT molecular complexity index is 599. The minimum absolute atomic E-state index is 0.0305. The van der Waals surface area contributed by atoms with Gasteiger partial charge < -0.3 is 20.3 Å². The van der Waals surface area contributed by atoms with Gasteiger partial charge in [0.15, 0.2) is 0 Å². The summed E-state index contributed by atoms with van der Waals surface area (Å²) < 4.78 is 11.1. The summed E-state index contributed by atoms with van der Waals surface area (Å²) in [6.07, 6.45) is 0. The maximum absolute atomic E-state index is 8.95. The second kappa shape index (κ2) is 7.61. The largest absolute Gasteiger partial charge is 0.490 e. The average Bonchev–Trinajstić information content (AvgIpc) is 2.52. The van der Waals surface area contributed by atoms with Crippen LogP contribution in [0.1, 0.15) is 11.1 Å². The lowest BCUT2D eigenvalue weighted by molar-refractivity contribution is 0.217. The van der Waals surface area contributed by atoms with E-state index in [1.54, 1.807) is 6.07 Å². The normalized spacial score (nSPS) is 10.1. The fourth-order valence-corrected chi connectivity index (χ4v) is 1.88. The van der Waals surface area contributed by atoms with Gasteiger partial charge in [0.1, 0.15) is 29.7 Å². The summed E-state index contributed by atoms with van der Waals surface area (Å²) in [6, 6.07) is 14.6. The Kier molecular flexibility index (Phi) is 5.54. The van der Waals surface area contributed by atoms with Gasteiger partial charge in [-0.2, -0.15) is 0 Å². The number of hydrogen-bond donors (Lipinski definition) is 2. The lowest BCUT2D eigenvalue weighted by Crippen LogP contribution is -2.11. The highest BCUT2D eigenvalue weighted by Crippen LogP contribution is 2.14. The van der Waals surface area contributed by atoms with Crippen LogP contribution in [-0.4, -0.2) is 23.3 Å². The lowest BCUT2D eigenvalue weighted by atomic mass is 10.2. The van der Waals surface area contributed by atoms with E-state index in [0.29, 0.717) is 24.0 Å². The number of rotatable bonds is 7. The van der Waals surface area contributed by atoms with Gasteiger partial charge in [-0.25, -0.2) is 0 Å². The molecular weight excluding hydrogens is 286 g/mol. The summed E-state index contributed by atoms with van der Waals surface area (Å²) in [5.74, 6) is 1.45. The van der Waals surface area contributed by atoms with Crippen LogP contribution in [0.2, 0.25) is 0 Å². The highest BCUT2D eigenvalue weighted by molar-refractivity contribution is 7.80. The van der Waals surface area contributed by atoms with Gasteiger partial charge in [-0.3, -0.25) is 0 Å². The number of thiocarbonyl (C=S) groups is 1. The zero-order valence-corrected chi connectivity index (χ0v) is 12.3. The van der Waals surface area contributed by atoms with Gasteiger partial charge in [-0.05, 0) is 29.8 Å². The molecule has 0 fully saturated rings. The van der Waals surface area contributed by atoms with Crippen molar-refractivity contribution in [3.05, 3.63) is 59.7 Å². The molecule has 0 amide bonds. The monoisotopic (exact) mass is 303 g/mol. The number of hydrogen-bond acceptors (Lipinski definition) is 4. The maximum Gasteiger partial charge on any atom is 0.122 e. The van der Waals surface area contributed by atoms with Crippen LogP contribution in [0.5, 0.6) is 11.5 Å². The molecule has 2 aromatic carbocycles. The third-order valence-corrected chi connectivity index (χ3v) is 3.08. The van der Waals surface area contributed by atoms with Crippen molar-refractivity contribution >= 4 is 17.2 Å². The molecule has 3 N–H and O–H groups in total. The molecule has 0 aliphatic carbocycles. The molecule has 110 valence electrons. The smallest absolute Gasteiger partial charge is 0.122 e. The first-order valence-electron chi connectivity index (χ1n) is 6.54. The topological polar surface area (TPSA) is 64.7 Å². The molecule has 0 heterocycles. The van der Waals surface area contributed by atoms with E-state index >= 15 is 0 Å². The highest BCUT2D eigenvalue weighted by Gasteiger charge is 2.00. The van der Waals surface area contributed by atoms with Crippen molar-refractivity contribution in [3.63, 3.8) is 0 Å². The summed E-state index contributed by atoms with van der Waals surface area (Å²) in [4.78, 5) is 0.348. The van der Waals surface area contributed by atoms with E-state index in [1.165, 1.54) is 0 Å². The molecule has 0 spiro atoms. The molecule has 0 radical (unpaired) electrons. The Balaban J connectivity index is 1.78. The zero-order valence-electron chi connectivity index (χ0n) is 11.5. The first kappa shape index (κ1) is 15.3. The Morgan fingerprint density at radius 2 is 1.67 bits per heavy atom. The number of aliphatic hydroxyl groups excluding tert-OH is 1. The van der Waals surface area contributed by atoms with E-state index in [2.05, 4.69) is 0 Å². The Hall–Kier alpha value is -2.11. The molecule has 0 bridgehead atoms. The van der Waals surface area contributed by atoms with E-state index in [-0.39, 0.29) is 6.61 Å². The number of ether oxygens (including phenoxy) is 2. The summed E-state index contributed by atoms with van der Waals surface area (Å²) in [5.41, 5.74) is 7.21. The molecule has 5 heteroatoms. The summed E-state index contributed by atoms with van der Waals surface area (Å²) in [7, 11) is 0. The number of benzene rings is 2. The molecule has 0 saturated heterocycles. The third kappa shape index (κ3) is 4.73. The van der Waals surface area contributed by atoms with Crippen LogP contribution in [0.3, 0.4) is 0 Å². The molecule has 0 saturated carbocycles. The molecule has 0 aromatic heterocycles. The van der Waals surface area contributed by atoms with Crippen molar-refractivity contribution in [3.8, 4) is 11.5 Å². The van der Waals surface area contributed by atoms with Crippen LogP contribution in [0.4, 0.5) is 0 Å². The predicted molar refractivity (Wildman–Crippen MR) is 85.7 cm³/mol. The summed E-state index contributed by atoms with van der Waals surface area (Å²) in [6.45, 7) is 0.876. The molecule has 2 aromatic rings. The van der Waals surface area contributed by atoms with Crippen molar-refractivity contribution in [2.45, 2.75) is 6.61 Å². The van der Waals surface area contributed by atoms with Crippen molar-refractivity contribution in [2.24, 2.45) is 5.73 Å². The molecule has 0 unspecified atom stereocenters. The van der Waals surface area contributed by atoms with Crippen LogP contribution in [0.15, 0.2) is 48.5 Å². The molecule has 4 nitrogen and oxygen atoms in total. The van der Waals surface area contributed by atoms with Gasteiger partial charge in [0, 0.05) is 5.56 Å². The molecule has 0 aliphatic rings. The number of aliphatic hydroxyl groups is 1. The van der Waals surface area contributed by atoms with Gasteiger partial charge in [-0.1, -0.05) is 36.5 Å². The van der Waals surface area contributed by atoms with Crippen LogP contribution in [0.25, 0.3) is 0 Å².